The maximum Gasteiger partial charge on any atom is 0.263 e. The number of hydrogen-bond donors (Lipinski definition) is 3. The van der Waals surface area contributed by atoms with Crippen molar-refractivity contribution >= 4 is 39.0 Å². The number of aryl methyl sites for hydroxylation is 3. The Bertz CT molecular complexity index is 1410. The number of anilines is 2. The average Bonchev–Trinajstić information content (AvgIpc) is 3.49. The number of carbonyl (C=O) groups is 1. The zero-order chi connectivity index (χ0) is 26.1. The van der Waals surface area contributed by atoms with E-state index in [4.69, 9.17) is 21.2 Å². The zero-order valence-electron chi connectivity index (χ0n) is 21.4. The second kappa shape index (κ2) is 8.89. The third-order valence-corrected chi connectivity index (χ3v) is 9.52. The molecule has 6 rings (SSSR count). The molecule has 2 aliphatic heterocycles. The fourth-order valence-corrected chi connectivity index (χ4v) is 7.50. The lowest BCUT2D eigenvalue weighted by Gasteiger charge is -2.31. The first kappa shape index (κ1) is 24.5. The molecule has 3 aromatic rings. The number of aromatic nitrogens is 2. The highest BCUT2D eigenvalue weighted by molar-refractivity contribution is 7.21. The molecule has 0 bridgehead atoms. The van der Waals surface area contributed by atoms with E-state index < -0.39 is 5.60 Å². The lowest BCUT2D eigenvalue weighted by molar-refractivity contribution is -0.0109. The predicted octanol–water partition coefficient (Wildman–Crippen LogP) is 3.26. The van der Waals surface area contributed by atoms with Crippen LogP contribution in [0.15, 0.2) is 12.1 Å². The highest BCUT2D eigenvalue weighted by atomic mass is 32.1. The van der Waals surface area contributed by atoms with Gasteiger partial charge in [0.1, 0.15) is 15.3 Å². The van der Waals surface area contributed by atoms with Crippen LogP contribution in [-0.2, 0) is 17.6 Å². The third-order valence-electron chi connectivity index (χ3n) is 8.43. The van der Waals surface area contributed by atoms with E-state index >= 15 is 4.39 Å². The second-order valence-corrected chi connectivity index (χ2v) is 11.9. The number of pyridine rings is 2. The van der Waals surface area contributed by atoms with Crippen molar-refractivity contribution in [3.8, 4) is 0 Å². The van der Waals surface area contributed by atoms with Crippen molar-refractivity contribution in [2.75, 3.05) is 30.3 Å². The van der Waals surface area contributed by atoms with E-state index in [0.29, 0.717) is 54.8 Å². The number of nitrogens with one attached hydrogen (secondary N) is 1. The number of thiophene rings is 1. The predicted molar refractivity (Wildman–Crippen MR) is 144 cm³/mol. The van der Waals surface area contributed by atoms with Crippen molar-refractivity contribution in [1.29, 1.82) is 0 Å². The molecule has 3 aliphatic rings. The van der Waals surface area contributed by atoms with Crippen LogP contribution in [0.3, 0.4) is 0 Å². The number of nitrogen functional groups attached to an aromatic ring is 1. The molecular formula is C27H33FN6O2S. The molecule has 0 aromatic carbocycles. The minimum atomic E-state index is -0.430. The number of amides is 1. The van der Waals surface area contributed by atoms with E-state index in [0.717, 1.165) is 45.6 Å². The van der Waals surface area contributed by atoms with Gasteiger partial charge in [-0.2, -0.15) is 0 Å². The van der Waals surface area contributed by atoms with Crippen LogP contribution < -0.4 is 21.7 Å². The van der Waals surface area contributed by atoms with Crippen LogP contribution in [0.1, 0.15) is 52.0 Å². The third kappa shape index (κ3) is 3.97. The van der Waals surface area contributed by atoms with Crippen molar-refractivity contribution < 1.29 is 13.9 Å². The van der Waals surface area contributed by atoms with Crippen molar-refractivity contribution in [2.24, 2.45) is 11.7 Å². The van der Waals surface area contributed by atoms with Gasteiger partial charge in [-0.3, -0.25) is 4.79 Å². The van der Waals surface area contributed by atoms with Gasteiger partial charge in [-0.1, -0.05) is 6.92 Å². The molecule has 196 valence electrons. The Morgan fingerprint density at radius 1 is 1.30 bits per heavy atom. The summed E-state index contributed by atoms with van der Waals surface area (Å²) < 4.78 is 21.4. The summed E-state index contributed by atoms with van der Waals surface area (Å²) in [5.74, 6) is 0.119. The van der Waals surface area contributed by atoms with Gasteiger partial charge >= 0.3 is 0 Å². The van der Waals surface area contributed by atoms with E-state index in [9.17, 15) is 4.79 Å². The molecule has 10 heteroatoms. The summed E-state index contributed by atoms with van der Waals surface area (Å²) in [5, 5.41) is 3.96. The summed E-state index contributed by atoms with van der Waals surface area (Å²) in [6.45, 7) is 7.84. The van der Waals surface area contributed by atoms with Crippen LogP contribution in [0.25, 0.3) is 10.2 Å². The molecule has 3 aromatic heterocycles. The Labute approximate surface area is 219 Å². The Balaban J connectivity index is 1.19. The van der Waals surface area contributed by atoms with Crippen LogP contribution >= 0.6 is 11.3 Å². The topological polar surface area (TPSA) is 119 Å². The highest BCUT2D eigenvalue weighted by Gasteiger charge is 2.53. The van der Waals surface area contributed by atoms with Gasteiger partial charge in [0.2, 0.25) is 0 Å². The normalized spacial score (nSPS) is 27.3. The van der Waals surface area contributed by atoms with Crippen molar-refractivity contribution in [3.05, 3.63) is 45.3 Å². The SMILES string of the molecule is Cc1cc(C)c2c(N)c(C(=O)NC3CCc4nc(N5CC(N)C6(C5)OCCC6C)c(F)cc4C3)sc2n1. The van der Waals surface area contributed by atoms with Crippen molar-refractivity contribution in [1.82, 2.24) is 15.3 Å². The number of fused-ring (bicyclic) bond motifs is 2. The molecule has 2 fully saturated rings. The van der Waals surface area contributed by atoms with Gasteiger partial charge < -0.3 is 26.4 Å². The first-order valence-electron chi connectivity index (χ1n) is 13.0. The van der Waals surface area contributed by atoms with E-state index in [1.54, 1.807) is 6.07 Å². The summed E-state index contributed by atoms with van der Waals surface area (Å²) in [5.41, 5.74) is 16.5. The molecule has 5 heterocycles. The molecule has 0 saturated carbocycles. The Morgan fingerprint density at radius 3 is 2.86 bits per heavy atom. The Morgan fingerprint density at radius 2 is 2.11 bits per heavy atom. The maximum atomic E-state index is 15.3. The minimum absolute atomic E-state index is 0.122. The summed E-state index contributed by atoms with van der Waals surface area (Å²) in [6, 6.07) is 3.25. The molecule has 5 N–H and O–H groups in total. The van der Waals surface area contributed by atoms with E-state index in [1.807, 2.05) is 24.8 Å². The van der Waals surface area contributed by atoms with Gasteiger partial charge in [-0.15, -0.1) is 11.3 Å². The molecular weight excluding hydrogens is 491 g/mol. The molecule has 2 saturated heterocycles. The molecule has 1 spiro atoms. The number of hydrogen-bond acceptors (Lipinski definition) is 8. The summed E-state index contributed by atoms with van der Waals surface area (Å²) >= 11 is 1.31. The van der Waals surface area contributed by atoms with E-state index in [1.165, 1.54) is 11.3 Å². The summed E-state index contributed by atoms with van der Waals surface area (Å²) in [6.07, 6.45) is 2.88. The fraction of sp³-hybridized carbons (Fsp3) is 0.519. The molecule has 1 amide bonds. The summed E-state index contributed by atoms with van der Waals surface area (Å²) in [4.78, 5) is 25.6. The molecule has 8 nitrogen and oxygen atoms in total. The lowest BCUT2D eigenvalue weighted by atomic mass is 9.85. The largest absolute Gasteiger partial charge is 0.397 e. The minimum Gasteiger partial charge on any atom is -0.397 e. The van der Waals surface area contributed by atoms with E-state index in [2.05, 4.69) is 17.2 Å². The highest BCUT2D eigenvalue weighted by Crippen LogP contribution is 2.41. The lowest BCUT2D eigenvalue weighted by Crippen LogP contribution is -2.50. The molecule has 4 unspecified atom stereocenters. The van der Waals surface area contributed by atoms with Gasteiger partial charge in [0.15, 0.2) is 11.6 Å². The Kier molecular flexibility index (Phi) is 5.89. The van der Waals surface area contributed by atoms with Gasteiger partial charge in [0, 0.05) is 36.0 Å². The smallest absolute Gasteiger partial charge is 0.263 e. The number of nitrogens with two attached hydrogens (primary N) is 2. The molecule has 0 radical (unpaired) electrons. The number of carbonyl (C=O) groups excluding carboxylic acids is 1. The van der Waals surface area contributed by atoms with Crippen molar-refractivity contribution in [3.63, 3.8) is 0 Å². The quantitative estimate of drug-likeness (QED) is 0.481. The van der Waals surface area contributed by atoms with Crippen molar-refractivity contribution in [2.45, 2.75) is 64.1 Å². The fourth-order valence-electron chi connectivity index (χ4n) is 6.38. The van der Waals surface area contributed by atoms with Crippen LogP contribution in [0, 0.1) is 25.6 Å². The number of rotatable bonds is 3. The number of ether oxygens (including phenoxy) is 1. The Hall–Kier alpha value is -2.82. The number of nitrogens with zero attached hydrogens (tertiary/aromatic N) is 3. The van der Waals surface area contributed by atoms with Gasteiger partial charge in [-0.05, 0) is 68.7 Å². The maximum absolute atomic E-state index is 15.3. The monoisotopic (exact) mass is 524 g/mol. The standard InChI is InChI=1S/C27H33FN6O2S/c1-13-8-15(3)31-26-21(13)22(30)23(37-26)25(35)32-17-4-5-19-16(9-17)10-18(28)24(33-19)34-11-20(29)27(12-34)14(2)6-7-36-27/h8,10,14,17,20H,4-7,9,11-12,29-30H2,1-3H3,(H,32,35). The first-order chi connectivity index (χ1) is 17.7. The van der Waals surface area contributed by atoms with Crippen LogP contribution in [0.2, 0.25) is 0 Å². The molecule has 37 heavy (non-hydrogen) atoms. The first-order valence-corrected chi connectivity index (χ1v) is 13.8. The van der Waals surface area contributed by atoms with Crippen LogP contribution in [0.4, 0.5) is 15.9 Å². The van der Waals surface area contributed by atoms with Gasteiger partial charge in [0.05, 0.1) is 18.3 Å². The summed E-state index contributed by atoms with van der Waals surface area (Å²) in [7, 11) is 0. The van der Waals surface area contributed by atoms with Crippen LogP contribution in [0.5, 0.6) is 0 Å². The van der Waals surface area contributed by atoms with Gasteiger partial charge in [0.25, 0.3) is 5.91 Å². The molecule has 4 atom stereocenters. The van der Waals surface area contributed by atoms with E-state index in [-0.39, 0.29) is 23.8 Å². The second-order valence-electron chi connectivity index (χ2n) is 10.9. The van der Waals surface area contributed by atoms with Crippen LogP contribution in [-0.4, -0.2) is 53.3 Å². The molecule has 1 aliphatic carbocycles. The zero-order valence-corrected chi connectivity index (χ0v) is 22.3. The number of halogens is 1. The average molecular weight is 525 g/mol. The van der Waals surface area contributed by atoms with Gasteiger partial charge in [-0.25, -0.2) is 14.4 Å².